The summed E-state index contributed by atoms with van der Waals surface area (Å²) in [6, 6.07) is 35.9. The molecule has 156 valence electrons. The Morgan fingerprint density at radius 2 is 1.33 bits per heavy atom. The summed E-state index contributed by atoms with van der Waals surface area (Å²) in [6.07, 6.45) is 1.75. The molecule has 0 saturated heterocycles. The van der Waals surface area contributed by atoms with Crippen LogP contribution in [-0.4, -0.2) is 22.5 Å². The molecule has 5 aromatic rings. The van der Waals surface area contributed by atoms with Gasteiger partial charge in [-0.05, 0) is 18.2 Å². The highest BCUT2D eigenvalue weighted by Gasteiger charge is 2.13. The fraction of sp³-hybridized carbons (Fsp3) is 0. The van der Waals surface area contributed by atoms with Gasteiger partial charge < -0.3 is 4.57 Å². The third kappa shape index (κ3) is 3.82. The van der Waals surface area contributed by atoms with E-state index in [4.69, 9.17) is 10.7 Å². The molecule has 33 heavy (non-hydrogen) atoms. The molecular weight excluding hydrogens is 406 g/mol. The lowest BCUT2D eigenvalue weighted by molar-refractivity contribution is 1.17. The predicted molar refractivity (Wildman–Crippen MR) is 135 cm³/mol. The Kier molecular flexibility index (Phi) is 5.32. The second-order valence-corrected chi connectivity index (χ2v) is 7.45. The van der Waals surface area contributed by atoms with E-state index in [1.165, 1.54) is 10.8 Å². The highest BCUT2D eigenvalue weighted by molar-refractivity contribution is 6.13. The fourth-order valence-corrected chi connectivity index (χ4v) is 4.00. The van der Waals surface area contributed by atoms with Crippen LogP contribution in [0.15, 0.2) is 113 Å². The van der Waals surface area contributed by atoms with Crippen molar-refractivity contribution in [3.05, 3.63) is 114 Å². The Bertz CT molecular complexity index is 1530. The molecule has 1 heterocycles. The normalized spacial score (nSPS) is 11.8. The Hall–Kier alpha value is -4.82. The molecule has 0 saturated carbocycles. The van der Waals surface area contributed by atoms with Gasteiger partial charge in [0.15, 0.2) is 5.84 Å². The Morgan fingerprint density at radius 1 is 0.758 bits per heavy atom. The van der Waals surface area contributed by atoms with E-state index < -0.39 is 0 Å². The zero-order valence-corrected chi connectivity index (χ0v) is 17.7. The average molecular weight is 425 g/mol. The first-order valence-corrected chi connectivity index (χ1v) is 10.5. The van der Waals surface area contributed by atoms with Crippen molar-refractivity contribution >= 4 is 39.7 Å². The summed E-state index contributed by atoms with van der Waals surface area (Å²) in [5.74, 6) is -0.0686. The van der Waals surface area contributed by atoms with Crippen LogP contribution in [-0.2, 0) is 0 Å². The number of nitrogens with zero attached hydrogens (tertiary/aromatic N) is 4. The molecule has 0 fully saturated rings. The van der Waals surface area contributed by atoms with Crippen LogP contribution in [0.2, 0.25) is 0 Å². The number of nitriles is 1. The monoisotopic (exact) mass is 425 g/mol. The molecule has 5 rings (SSSR count). The van der Waals surface area contributed by atoms with Crippen molar-refractivity contribution < 1.29 is 0 Å². The first-order chi connectivity index (χ1) is 16.3. The molecule has 0 aliphatic heterocycles. The van der Waals surface area contributed by atoms with Gasteiger partial charge in [-0.15, -0.1) is 0 Å². The van der Waals surface area contributed by atoms with E-state index in [1.54, 1.807) is 12.3 Å². The minimum atomic E-state index is -0.387. The van der Waals surface area contributed by atoms with Crippen LogP contribution < -0.4 is 0 Å². The fourth-order valence-electron chi connectivity index (χ4n) is 4.00. The number of hydrogen-bond donors (Lipinski definition) is 1. The zero-order valence-electron chi connectivity index (χ0n) is 17.7. The van der Waals surface area contributed by atoms with Gasteiger partial charge >= 0.3 is 0 Å². The van der Waals surface area contributed by atoms with Gasteiger partial charge in [-0.3, -0.25) is 5.41 Å². The first-order valence-electron chi connectivity index (χ1n) is 10.5. The van der Waals surface area contributed by atoms with Crippen LogP contribution in [0.4, 0.5) is 0 Å². The molecule has 0 atom stereocenters. The number of fused-ring (bicyclic) bond motifs is 3. The van der Waals surface area contributed by atoms with Crippen molar-refractivity contribution in [1.29, 1.82) is 10.7 Å². The minimum absolute atomic E-state index is 0.319. The molecule has 0 spiro atoms. The lowest BCUT2D eigenvalue weighted by atomic mass is 10.1. The number of nitrogens with one attached hydrogen (secondary N) is 1. The molecule has 0 bridgehead atoms. The van der Waals surface area contributed by atoms with Crippen LogP contribution in [0.3, 0.4) is 0 Å². The number of aromatic nitrogens is 1. The smallest absolute Gasteiger partial charge is 0.226 e. The molecule has 0 aliphatic rings. The van der Waals surface area contributed by atoms with Crippen LogP contribution in [0, 0.1) is 16.7 Å². The van der Waals surface area contributed by atoms with E-state index in [9.17, 15) is 0 Å². The summed E-state index contributed by atoms with van der Waals surface area (Å²) in [5.41, 5.74) is 4.85. The Labute approximate surface area is 191 Å². The Morgan fingerprint density at radius 3 is 2.00 bits per heavy atom. The number of benzene rings is 4. The van der Waals surface area contributed by atoms with Crippen molar-refractivity contribution in [3.8, 4) is 11.8 Å². The molecular formula is C28H19N5. The molecule has 0 aliphatic carbocycles. The SMILES string of the molecule is N#CC(=N)N=C(N=Cc1ccccc1-n1c2ccccc2c2ccccc21)c1ccccc1. The van der Waals surface area contributed by atoms with Gasteiger partial charge in [-0.1, -0.05) is 84.9 Å². The van der Waals surface area contributed by atoms with Gasteiger partial charge in [0.2, 0.25) is 5.84 Å². The van der Waals surface area contributed by atoms with Gasteiger partial charge in [-0.2, -0.15) is 10.3 Å². The molecule has 5 nitrogen and oxygen atoms in total. The van der Waals surface area contributed by atoms with E-state index in [-0.39, 0.29) is 5.84 Å². The third-order valence-electron chi connectivity index (χ3n) is 5.44. The average Bonchev–Trinajstić information content (AvgIpc) is 3.21. The van der Waals surface area contributed by atoms with Crippen LogP contribution >= 0.6 is 0 Å². The summed E-state index contributed by atoms with van der Waals surface area (Å²) < 4.78 is 2.24. The number of rotatable bonds is 3. The lowest BCUT2D eigenvalue weighted by Crippen LogP contribution is -2.04. The molecule has 4 aromatic carbocycles. The van der Waals surface area contributed by atoms with Gasteiger partial charge in [0.25, 0.3) is 0 Å². The highest BCUT2D eigenvalue weighted by atomic mass is 15.0. The second-order valence-electron chi connectivity index (χ2n) is 7.45. The number of amidine groups is 2. The maximum Gasteiger partial charge on any atom is 0.226 e. The number of aliphatic imine (C=N–C) groups is 2. The summed E-state index contributed by atoms with van der Waals surface area (Å²) in [6.45, 7) is 0. The van der Waals surface area contributed by atoms with E-state index >= 15 is 0 Å². The molecule has 0 radical (unpaired) electrons. The zero-order chi connectivity index (χ0) is 22.6. The molecule has 0 amide bonds. The molecule has 0 unspecified atom stereocenters. The summed E-state index contributed by atoms with van der Waals surface area (Å²) >= 11 is 0. The van der Waals surface area contributed by atoms with E-state index in [2.05, 4.69) is 57.0 Å². The molecule has 5 heteroatoms. The van der Waals surface area contributed by atoms with Crippen molar-refractivity contribution in [2.24, 2.45) is 9.98 Å². The number of hydrogen-bond acceptors (Lipinski definition) is 2. The standard InChI is InChI=1S/C28H19N5/c29-18-27(30)32-28(20-10-2-1-3-11-20)31-19-21-12-4-7-15-24(21)33-25-16-8-5-13-22(25)23-14-6-9-17-26(23)33/h1-17,19,30H. The van der Waals surface area contributed by atoms with Gasteiger partial charge in [0.05, 0.1) is 16.7 Å². The Balaban J connectivity index is 1.68. The third-order valence-corrected chi connectivity index (χ3v) is 5.44. The quantitative estimate of drug-likeness (QED) is 0.273. The maximum absolute atomic E-state index is 9.05. The van der Waals surface area contributed by atoms with Crippen LogP contribution in [0.1, 0.15) is 11.1 Å². The summed E-state index contributed by atoms with van der Waals surface area (Å²) in [7, 11) is 0. The summed E-state index contributed by atoms with van der Waals surface area (Å²) in [4.78, 5) is 8.71. The largest absolute Gasteiger partial charge is 0.309 e. The molecule has 1 aromatic heterocycles. The second kappa shape index (κ2) is 8.74. The van der Waals surface area contributed by atoms with Crippen molar-refractivity contribution in [3.63, 3.8) is 0 Å². The van der Waals surface area contributed by atoms with Crippen molar-refractivity contribution in [2.45, 2.75) is 0 Å². The summed E-state index contributed by atoms with van der Waals surface area (Å²) in [5, 5.41) is 19.1. The minimum Gasteiger partial charge on any atom is -0.309 e. The van der Waals surface area contributed by atoms with Crippen LogP contribution in [0.25, 0.3) is 27.5 Å². The first kappa shape index (κ1) is 20.1. The van der Waals surface area contributed by atoms with E-state index in [0.717, 1.165) is 27.8 Å². The highest BCUT2D eigenvalue weighted by Crippen LogP contribution is 2.32. The maximum atomic E-state index is 9.05. The molecule has 1 N–H and O–H groups in total. The van der Waals surface area contributed by atoms with Crippen molar-refractivity contribution in [1.82, 2.24) is 4.57 Å². The van der Waals surface area contributed by atoms with Gasteiger partial charge in [-0.25, -0.2) is 4.99 Å². The van der Waals surface area contributed by atoms with E-state index in [1.807, 2.05) is 60.7 Å². The predicted octanol–water partition coefficient (Wildman–Crippen LogP) is 6.15. The van der Waals surface area contributed by atoms with Gasteiger partial charge in [0, 0.05) is 28.1 Å². The lowest BCUT2D eigenvalue weighted by Gasteiger charge is -2.11. The van der Waals surface area contributed by atoms with Crippen molar-refractivity contribution in [2.75, 3.05) is 0 Å². The van der Waals surface area contributed by atoms with Crippen LogP contribution in [0.5, 0.6) is 0 Å². The van der Waals surface area contributed by atoms with Gasteiger partial charge in [0.1, 0.15) is 6.07 Å². The van der Waals surface area contributed by atoms with E-state index in [0.29, 0.717) is 5.84 Å². The number of para-hydroxylation sites is 3. The topological polar surface area (TPSA) is 77.3 Å².